The van der Waals surface area contributed by atoms with Crippen LogP contribution in [-0.2, 0) is 4.79 Å². The Labute approximate surface area is 90.7 Å². The first kappa shape index (κ1) is 11.6. The lowest BCUT2D eigenvalue weighted by atomic mass is 9.97. The molecule has 0 saturated carbocycles. The van der Waals surface area contributed by atoms with Crippen LogP contribution in [-0.4, -0.2) is 5.91 Å². The molecule has 0 aromatic heterocycles. The Kier molecular flexibility index (Phi) is 3.72. The highest BCUT2D eigenvalue weighted by molar-refractivity contribution is 5.92. The van der Waals surface area contributed by atoms with Crippen LogP contribution in [0.5, 0.6) is 0 Å². The molecule has 0 aliphatic heterocycles. The molecule has 82 valence electrons. The molecular formula is C12H18N2O. The highest BCUT2D eigenvalue weighted by Crippen LogP contribution is 2.15. The summed E-state index contributed by atoms with van der Waals surface area (Å²) < 4.78 is 0. The summed E-state index contributed by atoms with van der Waals surface area (Å²) in [6.07, 6.45) is 0. The molecule has 15 heavy (non-hydrogen) atoms. The number of amides is 1. The van der Waals surface area contributed by atoms with Crippen molar-refractivity contribution in [2.75, 3.05) is 11.1 Å². The average molecular weight is 206 g/mol. The van der Waals surface area contributed by atoms with E-state index >= 15 is 0 Å². The van der Waals surface area contributed by atoms with Gasteiger partial charge in [-0.25, -0.2) is 0 Å². The van der Waals surface area contributed by atoms with Gasteiger partial charge in [-0.3, -0.25) is 4.79 Å². The quantitative estimate of drug-likeness (QED) is 0.746. The van der Waals surface area contributed by atoms with Crippen LogP contribution in [0.15, 0.2) is 24.3 Å². The van der Waals surface area contributed by atoms with Crippen molar-refractivity contribution in [1.82, 2.24) is 0 Å². The topological polar surface area (TPSA) is 55.1 Å². The van der Waals surface area contributed by atoms with Crippen molar-refractivity contribution in [3.63, 3.8) is 0 Å². The Bertz CT molecular complexity index is 330. The summed E-state index contributed by atoms with van der Waals surface area (Å²) in [5.41, 5.74) is 7.05. The first-order valence-corrected chi connectivity index (χ1v) is 5.17. The Morgan fingerprint density at radius 2 is 1.73 bits per heavy atom. The molecular weight excluding hydrogens is 188 g/mol. The number of hydrogen-bond acceptors (Lipinski definition) is 2. The van der Waals surface area contributed by atoms with Gasteiger partial charge < -0.3 is 11.1 Å². The van der Waals surface area contributed by atoms with Crippen LogP contribution in [0.1, 0.15) is 20.8 Å². The second-order valence-electron chi connectivity index (χ2n) is 4.14. The number of nitrogens with one attached hydrogen (secondary N) is 1. The standard InChI is InChI=1S/C12H18N2O/c1-8(2)9(3)12(15)14-11-6-4-10(13)5-7-11/h4-9H,13H2,1-3H3,(H,14,15). The number of hydrogen-bond donors (Lipinski definition) is 2. The summed E-state index contributed by atoms with van der Waals surface area (Å²) in [6.45, 7) is 6.00. The number of carbonyl (C=O) groups is 1. The number of carbonyl (C=O) groups excluding carboxylic acids is 1. The van der Waals surface area contributed by atoms with Gasteiger partial charge in [0.2, 0.25) is 5.91 Å². The van der Waals surface area contributed by atoms with E-state index in [0.29, 0.717) is 11.6 Å². The molecule has 0 radical (unpaired) electrons. The lowest BCUT2D eigenvalue weighted by Gasteiger charge is -2.15. The fourth-order valence-electron chi connectivity index (χ4n) is 1.13. The predicted octanol–water partition coefficient (Wildman–Crippen LogP) is 2.50. The highest BCUT2D eigenvalue weighted by Gasteiger charge is 2.16. The number of anilines is 2. The highest BCUT2D eigenvalue weighted by atomic mass is 16.1. The van der Waals surface area contributed by atoms with Gasteiger partial charge in [0.1, 0.15) is 0 Å². The molecule has 1 atom stereocenters. The number of rotatable bonds is 3. The zero-order valence-electron chi connectivity index (χ0n) is 9.45. The second kappa shape index (κ2) is 4.82. The number of benzene rings is 1. The molecule has 0 bridgehead atoms. The van der Waals surface area contributed by atoms with Crippen molar-refractivity contribution in [1.29, 1.82) is 0 Å². The Hall–Kier alpha value is -1.51. The second-order valence-corrected chi connectivity index (χ2v) is 4.14. The SMILES string of the molecule is CC(C)C(C)C(=O)Nc1ccc(N)cc1. The largest absolute Gasteiger partial charge is 0.399 e. The summed E-state index contributed by atoms with van der Waals surface area (Å²) in [7, 11) is 0. The lowest BCUT2D eigenvalue weighted by molar-refractivity contribution is -0.120. The molecule has 0 fully saturated rings. The molecule has 1 aromatic carbocycles. The third-order valence-corrected chi connectivity index (χ3v) is 2.59. The minimum Gasteiger partial charge on any atom is -0.399 e. The van der Waals surface area contributed by atoms with Gasteiger partial charge >= 0.3 is 0 Å². The fourth-order valence-corrected chi connectivity index (χ4v) is 1.13. The maximum Gasteiger partial charge on any atom is 0.227 e. The van der Waals surface area contributed by atoms with E-state index in [1.165, 1.54) is 0 Å². The Balaban J connectivity index is 2.62. The van der Waals surface area contributed by atoms with Gasteiger partial charge in [0.25, 0.3) is 0 Å². The average Bonchev–Trinajstić information content (AvgIpc) is 2.20. The van der Waals surface area contributed by atoms with Crippen molar-refractivity contribution in [3.8, 4) is 0 Å². The summed E-state index contributed by atoms with van der Waals surface area (Å²) in [4.78, 5) is 11.7. The molecule has 3 N–H and O–H groups in total. The van der Waals surface area contributed by atoms with E-state index < -0.39 is 0 Å². The zero-order valence-corrected chi connectivity index (χ0v) is 9.45. The molecule has 1 amide bonds. The van der Waals surface area contributed by atoms with Gasteiger partial charge in [-0.15, -0.1) is 0 Å². The molecule has 3 heteroatoms. The van der Waals surface area contributed by atoms with Crippen LogP contribution < -0.4 is 11.1 Å². The van der Waals surface area contributed by atoms with Crippen LogP contribution in [0, 0.1) is 11.8 Å². The van der Waals surface area contributed by atoms with Gasteiger partial charge in [0, 0.05) is 17.3 Å². The van der Waals surface area contributed by atoms with Crippen LogP contribution in [0.2, 0.25) is 0 Å². The molecule has 0 heterocycles. The van der Waals surface area contributed by atoms with E-state index in [-0.39, 0.29) is 11.8 Å². The first-order valence-electron chi connectivity index (χ1n) is 5.17. The van der Waals surface area contributed by atoms with Crippen molar-refractivity contribution < 1.29 is 4.79 Å². The maximum atomic E-state index is 11.7. The summed E-state index contributed by atoms with van der Waals surface area (Å²) in [5.74, 6) is 0.413. The minimum atomic E-state index is 0.0163. The molecule has 3 nitrogen and oxygen atoms in total. The number of nitrogen functional groups attached to an aromatic ring is 1. The molecule has 0 spiro atoms. The van der Waals surface area contributed by atoms with Crippen LogP contribution in [0.25, 0.3) is 0 Å². The van der Waals surface area contributed by atoms with Gasteiger partial charge in [-0.1, -0.05) is 20.8 Å². The van der Waals surface area contributed by atoms with Crippen LogP contribution in [0.4, 0.5) is 11.4 Å². The van der Waals surface area contributed by atoms with Gasteiger partial charge in [-0.05, 0) is 30.2 Å². The molecule has 0 saturated heterocycles. The third-order valence-electron chi connectivity index (χ3n) is 2.59. The maximum absolute atomic E-state index is 11.7. The smallest absolute Gasteiger partial charge is 0.227 e. The first-order chi connectivity index (χ1) is 7.00. The molecule has 1 unspecified atom stereocenters. The summed E-state index contributed by atoms with van der Waals surface area (Å²) in [6, 6.07) is 7.16. The normalized spacial score (nSPS) is 12.5. The van der Waals surface area contributed by atoms with Crippen molar-refractivity contribution in [3.05, 3.63) is 24.3 Å². The van der Waals surface area contributed by atoms with E-state index in [2.05, 4.69) is 5.32 Å². The fraction of sp³-hybridized carbons (Fsp3) is 0.417. The Morgan fingerprint density at radius 3 is 2.20 bits per heavy atom. The summed E-state index contributed by atoms with van der Waals surface area (Å²) >= 11 is 0. The molecule has 1 aromatic rings. The lowest BCUT2D eigenvalue weighted by Crippen LogP contribution is -2.24. The molecule has 1 rings (SSSR count). The molecule has 0 aliphatic carbocycles. The van der Waals surface area contributed by atoms with Crippen molar-refractivity contribution in [2.24, 2.45) is 11.8 Å². The van der Waals surface area contributed by atoms with Crippen LogP contribution in [0.3, 0.4) is 0 Å². The van der Waals surface area contributed by atoms with E-state index in [9.17, 15) is 4.79 Å². The van der Waals surface area contributed by atoms with E-state index in [4.69, 9.17) is 5.73 Å². The van der Waals surface area contributed by atoms with E-state index in [1.807, 2.05) is 20.8 Å². The molecule has 0 aliphatic rings. The van der Waals surface area contributed by atoms with Crippen molar-refractivity contribution >= 4 is 17.3 Å². The van der Waals surface area contributed by atoms with E-state index in [0.717, 1.165) is 5.69 Å². The monoisotopic (exact) mass is 206 g/mol. The predicted molar refractivity (Wildman–Crippen MR) is 63.5 cm³/mol. The van der Waals surface area contributed by atoms with Crippen LogP contribution >= 0.6 is 0 Å². The Morgan fingerprint density at radius 1 is 1.20 bits per heavy atom. The van der Waals surface area contributed by atoms with E-state index in [1.54, 1.807) is 24.3 Å². The third kappa shape index (κ3) is 3.27. The minimum absolute atomic E-state index is 0.0163. The van der Waals surface area contributed by atoms with Gasteiger partial charge in [0.15, 0.2) is 0 Å². The van der Waals surface area contributed by atoms with Gasteiger partial charge in [0.05, 0.1) is 0 Å². The zero-order chi connectivity index (χ0) is 11.4. The summed E-state index contributed by atoms with van der Waals surface area (Å²) in [5, 5.41) is 2.86. The van der Waals surface area contributed by atoms with Crippen molar-refractivity contribution in [2.45, 2.75) is 20.8 Å². The van der Waals surface area contributed by atoms with Gasteiger partial charge in [-0.2, -0.15) is 0 Å². The number of nitrogens with two attached hydrogens (primary N) is 1.